The Labute approximate surface area is 89.8 Å². The largest absolute Gasteiger partial charge is 0.347 e. The molecule has 2 amide bonds. The second-order valence-electron chi connectivity index (χ2n) is 4.22. The molecule has 0 bridgehead atoms. The predicted octanol–water partition coefficient (Wildman–Crippen LogP) is 0.0629. The Hall–Kier alpha value is -1.10. The summed E-state index contributed by atoms with van der Waals surface area (Å²) in [6.07, 6.45) is 5.74. The first-order valence-electron chi connectivity index (χ1n) is 5.42. The minimum Gasteiger partial charge on any atom is -0.347 e. The molecular formula is C10H19N3O2. The quantitative estimate of drug-likeness (QED) is 0.268. The van der Waals surface area contributed by atoms with Gasteiger partial charge in [-0.05, 0) is 24.7 Å². The fourth-order valence-corrected chi connectivity index (χ4v) is 2.19. The highest BCUT2D eigenvalue weighted by molar-refractivity contribution is 6.34. The van der Waals surface area contributed by atoms with Gasteiger partial charge in [0, 0.05) is 6.54 Å². The number of nitrogens with two attached hydrogens (primary N) is 1. The third-order valence-electron chi connectivity index (χ3n) is 3.38. The van der Waals surface area contributed by atoms with E-state index >= 15 is 0 Å². The lowest BCUT2D eigenvalue weighted by atomic mass is 9.83. The van der Waals surface area contributed by atoms with Gasteiger partial charge in [0.15, 0.2) is 0 Å². The molecule has 0 heterocycles. The minimum absolute atomic E-state index is 0.199. The van der Waals surface area contributed by atoms with Gasteiger partial charge in [0.2, 0.25) is 0 Å². The highest BCUT2D eigenvalue weighted by atomic mass is 16.2. The average Bonchev–Trinajstić information content (AvgIpc) is 2.74. The molecule has 0 atom stereocenters. The maximum Gasteiger partial charge on any atom is 0.323 e. The van der Waals surface area contributed by atoms with Crippen molar-refractivity contribution in [2.45, 2.75) is 39.0 Å². The molecule has 1 saturated carbocycles. The van der Waals surface area contributed by atoms with E-state index in [-0.39, 0.29) is 5.41 Å². The summed E-state index contributed by atoms with van der Waals surface area (Å²) < 4.78 is 0. The van der Waals surface area contributed by atoms with Crippen LogP contribution in [0.4, 0.5) is 0 Å². The molecule has 1 rings (SSSR count). The summed E-state index contributed by atoms with van der Waals surface area (Å²) in [5, 5.41) is 2.64. The molecule has 0 radical (unpaired) electrons. The van der Waals surface area contributed by atoms with E-state index in [4.69, 9.17) is 5.84 Å². The molecule has 5 heteroatoms. The summed E-state index contributed by atoms with van der Waals surface area (Å²) in [4.78, 5) is 22.0. The zero-order valence-electron chi connectivity index (χ0n) is 9.14. The van der Waals surface area contributed by atoms with Crippen molar-refractivity contribution in [3.63, 3.8) is 0 Å². The number of hydrogen-bond donors (Lipinski definition) is 3. The minimum atomic E-state index is -0.778. The molecule has 1 aliphatic rings. The summed E-state index contributed by atoms with van der Waals surface area (Å²) >= 11 is 0. The fraction of sp³-hybridized carbons (Fsp3) is 0.800. The topological polar surface area (TPSA) is 84.2 Å². The second kappa shape index (κ2) is 5.11. The SMILES string of the molecule is CCC1(CNC(=O)C(=O)NN)CCCC1. The molecule has 4 N–H and O–H groups in total. The van der Waals surface area contributed by atoms with Gasteiger partial charge in [0.1, 0.15) is 0 Å². The normalized spacial score (nSPS) is 18.5. The molecular weight excluding hydrogens is 194 g/mol. The van der Waals surface area contributed by atoms with Crippen LogP contribution in [0.15, 0.2) is 0 Å². The van der Waals surface area contributed by atoms with E-state index < -0.39 is 11.8 Å². The van der Waals surface area contributed by atoms with E-state index in [1.807, 2.05) is 5.43 Å². The molecule has 1 fully saturated rings. The maximum atomic E-state index is 11.2. The smallest absolute Gasteiger partial charge is 0.323 e. The Bertz CT molecular complexity index is 247. The molecule has 86 valence electrons. The molecule has 0 unspecified atom stereocenters. The van der Waals surface area contributed by atoms with Gasteiger partial charge in [-0.2, -0.15) is 0 Å². The van der Waals surface area contributed by atoms with Crippen molar-refractivity contribution in [3.05, 3.63) is 0 Å². The Morgan fingerprint density at radius 2 is 1.87 bits per heavy atom. The molecule has 0 aromatic carbocycles. The molecule has 1 aliphatic carbocycles. The van der Waals surface area contributed by atoms with E-state index in [1.54, 1.807) is 0 Å². The second-order valence-corrected chi connectivity index (χ2v) is 4.22. The number of hydrogen-bond acceptors (Lipinski definition) is 3. The lowest BCUT2D eigenvalue weighted by Crippen LogP contribution is -2.46. The first kappa shape index (κ1) is 12.0. The average molecular weight is 213 g/mol. The van der Waals surface area contributed by atoms with Crippen molar-refractivity contribution in [1.29, 1.82) is 0 Å². The summed E-state index contributed by atoms with van der Waals surface area (Å²) in [6, 6.07) is 0. The van der Waals surface area contributed by atoms with Crippen LogP contribution in [-0.4, -0.2) is 18.4 Å². The third-order valence-corrected chi connectivity index (χ3v) is 3.38. The number of rotatable bonds is 3. The van der Waals surface area contributed by atoms with Gasteiger partial charge in [0.25, 0.3) is 0 Å². The van der Waals surface area contributed by atoms with E-state index in [0.29, 0.717) is 6.54 Å². The molecule has 0 aromatic rings. The van der Waals surface area contributed by atoms with Crippen LogP contribution in [0.1, 0.15) is 39.0 Å². The van der Waals surface area contributed by atoms with Crippen LogP contribution >= 0.6 is 0 Å². The standard InChI is InChI=1S/C10H19N3O2/c1-2-10(5-3-4-6-10)7-12-8(14)9(15)13-11/h2-7,11H2,1H3,(H,12,14)(H,13,15). The van der Waals surface area contributed by atoms with Crippen LogP contribution in [0, 0.1) is 5.41 Å². The summed E-state index contributed by atoms with van der Waals surface area (Å²) in [5.74, 6) is 3.44. The van der Waals surface area contributed by atoms with Crippen LogP contribution in [-0.2, 0) is 9.59 Å². The molecule has 5 nitrogen and oxygen atoms in total. The number of hydrazine groups is 1. The molecule has 0 aliphatic heterocycles. The van der Waals surface area contributed by atoms with Gasteiger partial charge in [0.05, 0.1) is 0 Å². The number of carbonyl (C=O) groups is 2. The van der Waals surface area contributed by atoms with Crippen LogP contribution in [0.25, 0.3) is 0 Å². The number of nitrogens with one attached hydrogen (secondary N) is 2. The van der Waals surface area contributed by atoms with Crippen LogP contribution in [0.2, 0.25) is 0 Å². The van der Waals surface area contributed by atoms with E-state index in [1.165, 1.54) is 12.8 Å². The third kappa shape index (κ3) is 2.92. The van der Waals surface area contributed by atoms with Crippen molar-refractivity contribution < 1.29 is 9.59 Å². The predicted molar refractivity (Wildman–Crippen MR) is 56.5 cm³/mol. The van der Waals surface area contributed by atoms with Crippen LogP contribution in [0.3, 0.4) is 0 Å². The number of amides is 2. The first-order chi connectivity index (χ1) is 7.13. The fourth-order valence-electron chi connectivity index (χ4n) is 2.19. The van der Waals surface area contributed by atoms with Crippen molar-refractivity contribution in [2.75, 3.05) is 6.54 Å². The van der Waals surface area contributed by atoms with Crippen LogP contribution < -0.4 is 16.6 Å². The summed E-state index contributed by atoms with van der Waals surface area (Å²) in [6.45, 7) is 2.70. The molecule has 0 saturated heterocycles. The Morgan fingerprint density at radius 3 is 2.33 bits per heavy atom. The lowest BCUT2D eigenvalue weighted by Gasteiger charge is -2.27. The van der Waals surface area contributed by atoms with Crippen molar-refractivity contribution >= 4 is 11.8 Å². The van der Waals surface area contributed by atoms with Gasteiger partial charge in [-0.25, -0.2) is 5.84 Å². The zero-order valence-corrected chi connectivity index (χ0v) is 9.14. The van der Waals surface area contributed by atoms with E-state index in [0.717, 1.165) is 19.3 Å². The Kier molecular flexibility index (Phi) is 4.08. The van der Waals surface area contributed by atoms with Gasteiger partial charge in [-0.1, -0.05) is 19.8 Å². The number of carbonyl (C=O) groups excluding carboxylic acids is 2. The molecule has 15 heavy (non-hydrogen) atoms. The monoisotopic (exact) mass is 213 g/mol. The molecule has 0 aromatic heterocycles. The lowest BCUT2D eigenvalue weighted by molar-refractivity contribution is -0.139. The van der Waals surface area contributed by atoms with Gasteiger partial charge in [-0.3, -0.25) is 15.0 Å². The molecule has 0 spiro atoms. The van der Waals surface area contributed by atoms with Crippen molar-refractivity contribution in [1.82, 2.24) is 10.7 Å². The van der Waals surface area contributed by atoms with E-state index in [9.17, 15) is 9.59 Å². The highest BCUT2D eigenvalue weighted by Gasteiger charge is 2.32. The Balaban J connectivity index is 2.41. The first-order valence-corrected chi connectivity index (χ1v) is 5.42. The Morgan fingerprint density at radius 1 is 1.27 bits per heavy atom. The summed E-state index contributed by atoms with van der Waals surface area (Å²) in [7, 11) is 0. The van der Waals surface area contributed by atoms with Gasteiger partial charge >= 0.3 is 11.8 Å². The zero-order chi connectivity index (χ0) is 11.3. The summed E-state index contributed by atoms with van der Waals surface area (Å²) in [5.41, 5.74) is 2.02. The van der Waals surface area contributed by atoms with Crippen LogP contribution in [0.5, 0.6) is 0 Å². The van der Waals surface area contributed by atoms with E-state index in [2.05, 4.69) is 12.2 Å². The van der Waals surface area contributed by atoms with Crippen molar-refractivity contribution in [2.24, 2.45) is 11.3 Å². The maximum absolute atomic E-state index is 11.2. The van der Waals surface area contributed by atoms with Gasteiger partial charge in [-0.15, -0.1) is 0 Å². The van der Waals surface area contributed by atoms with Crippen molar-refractivity contribution in [3.8, 4) is 0 Å². The highest BCUT2D eigenvalue weighted by Crippen LogP contribution is 2.40. The van der Waals surface area contributed by atoms with Gasteiger partial charge < -0.3 is 5.32 Å².